The lowest BCUT2D eigenvalue weighted by Gasteiger charge is -2.26. The average molecular weight is 285 g/mol. The van der Waals surface area contributed by atoms with E-state index in [1.54, 1.807) is 6.07 Å². The minimum atomic E-state index is -0.418. The van der Waals surface area contributed by atoms with Crippen LogP contribution in [-0.2, 0) is 11.2 Å². The number of halogens is 2. The minimum Gasteiger partial charge on any atom is -0.353 e. The van der Waals surface area contributed by atoms with E-state index in [9.17, 15) is 9.18 Å². The fraction of sp³-hybridized carbons (Fsp3) is 0.500. The largest absolute Gasteiger partial charge is 0.353 e. The van der Waals surface area contributed by atoms with Crippen LogP contribution in [0.5, 0.6) is 0 Å². The summed E-state index contributed by atoms with van der Waals surface area (Å²) < 4.78 is 13.2. The normalized spacial score (nSPS) is 23.1. The molecule has 0 unspecified atom stereocenters. The maximum Gasteiger partial charge on any atom is 0.224 e. The van der Waals surface area contributed by atoms with Crippen molar-refractivity contribution in [3.8, 4) is 0 Å². The molecule has 1 saturated carbocycles. The van der Waals surface area contributed by atoms with Crippen LogP contribution in [-0.4, -0.2) is 18.0 Å². The third kappa shape index (κ3) is 4.48. The fourth-order valence-corrected chi connectivity index (χ4v) is 2.69. The first-order chi connectivity index (χ1) is 9.02. The van der Waals surface area contributed by atoms with Crippen LogP contribution >= 0.6 is 11.6 Å². The van der Waals surface area contributed by atoms with Crippen molar-refractivity contribution in [3.05, 3.63) is 34.6 Å². The molecule has 19 heavy (non-hydrogen) atoms. The lowest BCUT2D eigenvalue weighted by atomic mass is 9.91. The molecule has 0 saturated heterocycles. The van der Waals surface area contributed by atoms with E-state index in [1.165, 1.54) is 12.1 Å². The first-order valence-corrected chi connectivity index (χ1v) is 6.90. The first-order valence-electron chi connectivity index (χ1n) is 6.53. The highest BCUT2D eigenvalue weighted by Crippen LogP contribution is 2.18. The Morgan fingerprint density at radius 1 is 1.32 bits per heavy atom. The molecule has 0 radical (unpaired) electrons. The number of amides is 1. The fourth-order valence-electron chi connectivity index (χ4n) is 2.44. The van der Waals surface area contributed by atoms with E-state index >= 15 is 0 Å². The van der Waals surface area contributed by atoms with E-state index in [4.69, 9.17) is 17.3 Å². The summed E-state index contributed by atoms with van der Waals surface area (Å²) in [4.78, 5) is 11.9. The third-order valence-electron chi connectivity index (χ3n) is 3.42. The molecule has 104 valence electrons. The zero-order valence-corrected chi connectivity index (χ0v) is 11.4. The van der Waals surface area contributed by atoms with Crippen LogP contribution in [0.3, 0.4) is 0 Å². The van der Waals surface area contributed by atoms with E-state index in [2.05, 4.69) is 5.32 Å². The second-order valence-electron chi connectivity index (χ2n) is 5.13. The Morgan fingerprint density at radius 3 is 2.63 bits per heavy atom. The number of nitrogens with one attached hydrogen (secondary N) is 1. The standard InChI is InChI=1S/C14H18ClFN2O/c15-10-5-9(6-11(16)8-10)7-14(19)18-13-3-1-12(17)2-4-13/h5-6,8,12-13H,1-4,7,17H2,(H,18,19). The molecule has 1 aromatic carbocycles. The molecule has 3 N–H and O–H groups in total. The highest BCUT2D eigenvalue weighted by atomic mass is 35.5. The Labute approximate surface area is 117 Å². The average Bonchev–Trinajstić information content (AvgIpc) is 2.30. The molecule has 0 heterocycles. The number of carbonyl (C=O) groups excluding carboxylic acids is 1. The molecule has 2 rings (SSSR count). The van der Waals surface area contributed by atoms with E-state index in [0.717, 1.165) is 25.7 Å². The van der Waals surface area contributed by atoms with Gasteiger partial charge in [-0.05, 0) is 49.4 Å². The summed E-state index contributed by atoms with van der Waals surface area (Å²) in [5.41, 5.74) is 6.41. The molecule has 1 aromatic rings. The van der Waals surface area contributed by atoms with Gasteiger partial charge in [0.2, 0.25) is 5.91 Å². The van der Waals surface area contributed by atoms with Gasteiger partial charge in [-0.15, -0.1) is 0 Å². The van der Waals surface area contributed by atoms with Gasteiger partial charge < -0.3 is 11.1 Å². The van der Waals surface area contributed by atoms with Crippen LogP contribution in [0.1, 0.15) is 31.2 Å². The molecule has 0 spiro atoms. The van der Waals surface area contributed by atoms with Crippen LogP contribution in [0, 0.1) is 5.82 Å². The van der Waals surface area contributed by atoms with Crippen molar-refractivity contribution in [1.82, 2.24) is 5.32 Å². The number of hydrogen-bond donors (Lipinski definition) is 2. The molecule has 1 aliphatic rings. The van der Waals surface area contributed by atoms with Gasteiger partial charge >= 0.3 is 0 Å². The Kier molecular flexibility index (Phi) is 4.77. The molecule has 1 amide bonds. The lowest BCUT2D eigenvalue weighted by Crippen LogP contribution is -2.41. The summed E-state index contributed by atoms with van der Waals surface area (Å²) in [6.07, 6.45) is 3.86. The number of benzene rings is 1. The maximum atomic E-state index is 13.2. The van der Waals surface area contributed by atoms with Gasteiger partial charge in [0.1, 0.15) is 5.82 Å². The number of nitrogens with two attached hydrogens (primary N) is 1. The van der Waals surface area contributed by atoms with Crippen LogP contribution < -0.4 is 11.1 Å². The van der Waals surface area contributed by atoms with E-state index < -0.39 is 5.82 Å². The van der Waals surface area contributed by atoms with Crippen molar-refractivity contribution < 1.29 is 9.18 Å². The van der Waals surface area contributed by atoms with Gasteiger partial charge in [-0.1, -0.05) is 11.6 Å². The van der Waals surface area contributed by atoms with Crippen molar-refractivity contribution in [2.75, 3.05) is 0 Å². The summed E-state index contributed by atoms with van der Waals surface area (Å²) in [7, 11) is 0. The van der Waals surface area contributed by atoms with Crippen molar-refractivity contribution in [2.24, 2.45) is 5.73 Å². The smallest absolute Gasteiger partial charge is 0.224 e. The van der Waals surface area contributed by atoms with Crippen molar-refractivity contribution in [1.29, 1.82) is 0 Å². The van der Waals surface area contributed by atoms with Crippen LogP contribution in [0.4, 0.5) is 4.39 Å². The molecule has 0 atom stereocenters. The summed E-state index contributed by atoms with van der Waals surface area (Å²) >= 11 is 5.76. The molecule has 0 aromatic heterocycles. The summed E-state index contributed by atoms with van der Waals surface area (Å²) in [5.74, 6) is -0.513. The van der Waals surface area contributed by atoms with Crippen molar-refractivity contribution in [3.63, 3.8) is 0 Å². The molecule has 1 fully saturated rings. The monoisotopic (exact) mass is 284 g/mol. The summed E-state index contributed by atoms with van der Waals surface area (Å²) in [5, 5.41) is 3.28. The quantitative estimate of drug-likeness (QED) is 0.895. The molecule has 0 bridgehead atoms. The van der Waals surface area contributed by atoms with Crippen molar-refractivity contribution in [2.45, 2.75) is 44.2 Å². The van der Waals surface area contributed by atoms with Gasteiger partial charge in [0.05, 0.1) is 6.42 Å². The molecule has 1 aliphatic carbocycles. The van der Waals surface area contributed by atoms with Gasteiger partial charge in [0, 0.05) is 17.1 Å². The predicted octanol–water partition coefficient (Wildman–Crippen LogP) is 2.41. The number of rotatable bonds is 3. The van der Waals surface area contributed by atoms with E-state index in [0.29, 0.717) is 10.6 Å². The van der Waals surface area contributed by atoms with Crippen LogP contribution in [0.2, 0.25) is 5.02 Å². The minimum absolute atomic E-state index is 0.0952. The molecule has 3 nitrogen and oxygen atoms in total. The highest BCUT2D eigenvalue weighted by Gasteiger charge is 2.20. The Hall–Kier alpha value is -1.13. The zero-order valence-electron chi connectivity index (χ0n) is 10.7. The van der Waals surface area contributed by atoms with Gasteiger partial charge in [0.15, 0.2) is 0 Å². The molecule has 5 heteroatoms. The topological polar surface area (TPSA) is 55.1 Å². The second kappa shape index (κ2) is 6.35. The van der Waals surface area contributed by atoms with Crippen LogP contribution in [0.25, 0.3) is 0 Å². The highest BCUT2D eigenvalue weighted by molar-refractivity contribution is 6.30. The first kappa shape index (κ1) is 14.3. The number of hydrogen-bond acceptors (Lipinski definition) is 2. The molecular weight excluding hydrogens is 267 g/mol. The third-order valence-corrected chi connectivity index (χ3v) is 3.64. The summed E-state index contributed by atoms with van der Waals surface area (Å²) in [6, 6.07) is 4.63. The molecule has 0 aliphatic heterocycles. The van der Waals surface area contributed by atoms with Gasteiger partial charge in [-0.3, -0.25) is 4.79 Å². The van der Waals surface area contributed by atoms with E-state index in [-0.39, 0.29) is 24.4 Å². The van der Waals surface area contributed by atoms with Crippen LogP contribution in [0.15, 0.2) is 18.2 Å². The Balaban J connectivity index is 1.87. The Morgan fingerprint density at radius 2 is 2.00 bits per heavy atom. The Bertz CT molecular complexity index is 439. The van der Waals surface area contributed by atoms with E-state index in [1.807, 2.05) is 0 Å². The molecular formula is C14H18ClFN2O. The maximum absolute atomic E-state index is 13.2. The summed E-state index contributed by atoms with van der Waals surface area (Å²) in [6.45, 7) is 0. The van der Waals surface area contributed by atoms with Gasteiger partial charge in [0.25, 0.3) is 0 Å². The van der Waals surface area contributed by atoms with Gasteiger partial charge in [-0.2, -0.15) is 0 Å². The number of carbonyl (C=O) groups is 1. The second-order valence-corrected chi connectivity index (χ2v) is 5.57. The van der Waals surface area contributed by atoms with Crippen molar-refractivity contribution >= 4 is 17.5 Å². The van der Waals surface area contributed by atoms with Gasteiger partial charge in [-0.25, -0.2) is 4.39 Å². The zero-order chi connectivity index (χ0) is 13.8. The SMILES string of the molecule is NC1CCC(NC(=O)Cc2cc(F)cc(Cl)c2)CC1. The lowest BCUT2D eigenvalue weighted by molar-refractivity contribution is -0.121. The predicted molar refractivity (Wildman–Crippen MR) is 73.5 cm³/mol.